The molecule has 0 unspecified atom stereocenters. The average molecular weight is 783 g/mol. The molecule has 4 aliphatic heterocycles. The van der Waals surface area contributed by atoms with Crippen molar-refractivity contribution in [3.63, 3.8) is 0 Å². The summed E-state index contributed by atoms with van der Waals surface area (Å²) in [6.07, 6.45) is 6.87. The van der Waals surface area contributed by atoms with Crippen LogP contribution in [0.3, 0.4) is 0 Å². The Balaban J connectivity index is 0.000000444. The predicted molar refractivity (Wildman–Crippen MR) is 190 cm³/mol. The van der Waals surface area contributed by atoms with E-state index in [0.29, 0.717) is 63.9 Å². The number of benzene rings is 2. The number of carbonyl (C=O) groups excluding carboxylic acids is 2. The van der Waals surface area contributed by atoms with Gasteiger partial charge in [-0.2, -0.15) is 0 Å². The molecular formula is C34H52ClN6O6Pd-. The number of piperidine rings is 2. The van der Waals surface area contributed by atoms with Crippen molar-refractivity contribution in [3.8, 4) is 0 Å². The maximum Gasteiger partial charge on any atom is 0.292 e. The maximum atomic E-state index is 12.6. The van der Waals surface area contributed by atoms with Gasteiger partial charge in [0.2, 0.25) is 0 Å². The molecule has 4 fully saturated rings. The van der Waals surface area contributed by atoms with Gasteiger partial charge < -0.3 is 42.2 Å². The Bertz CT molecular complexity index is 1310. The molecule has 0 aromatic heterocycles. The molecular weight excluding hydrogens is 730 g/mol. The molecule has 0 saturated carbocycles. The van der Waals surface area contributed by atoms with Crippen LogP contribution in [-0.2, 0) is 29.9 Å². The number of nitrogens with two attached hydrogens (primary N) is 1. The number of amides is 2. The van der Waals surface area contributed by atoms with E-state index in [0.717, 1.165) is 62.4 Å². The van der Waals surface area contributed by atoms with E-state index in [1.54, 1.807) is 17.0 Å². The molecule has 2 N–H and O–H groups in total. The molecule has 0 spiro atoms. The Kier molecular flexibility index (Phi) is 19.0. The summed E-state index contributed by atoms with van der Waals surface area (Å²) in [6.45, 7) is 8.45. The number of hydrogen-bond donors (Lipinski definition) is 1. The first-order valence-electron chi connectivity index (χ1n) is 15.8. The van der Waals surface area contributed by atoms with Crippen LogP contribution in [0.15, 0.2) is 36.4 Å². The van der Waals surface area contributed by atoms with Crippen LogP contribution in [0.25, 0.3) is 0 Å². The normalized spacial score (nSPS) is 17.6. The van der Waals surface area contributed by atoms with Crippen LogP contribution in [0.5, 0.6) is 0 Å². The van der Waals surface area contributed by atoms with Crippen LogP contribution in [-0.4, -0.2) is 105 Å². The Morgan fingerprint density at radius 1 is 0.667 bits per heavy atom. The van der Waals surface area contributed by atoms with Crippen LogP contribution in [0, 0.1) is 17.5 Å². The SMILES string of the molecule is C.Cl.Nc1ccc(C(=O)N2CCOCC2)cc1N1CCCCC1.O=C(c1ccc([N+](=O)[O-])c(N2CCCCC2)c1)N1CCOCC1.[CH3-].[Pd]. The van der Waals surface area contributed by atoms with Gasteiger partial charge in [0.1, 0.15) is 5.69 Å². The van der Waals surface area contributed by atoms with Crippen molar-refractivity contribution < 1.29 is 44.4 Å². The van der Waals surface area contributed by atoms with E-state index in [9.17, 15) is 19.7 Å². The van der Waals surface area contributed by atoms with E-state index in [-0.39, 0.29) is 70.1 Å². The molecule has 0 radical (unpaired) electrons. The second kappa shape index (κ2) is 21.2. The zero-order valence-electron chi connectivity index (χ0n) is 27.2. The third-order valence-electron chi connectivity index (χ3n) is 8.69. The summed E-state index contributed by atoms with van der Waals surface area (Å²) in [5.74, 6) is -0.00184. The number of hydrogen-bond acceptors (Lipinski definition) is 9. The monoisotopic (exact) mass is 781 g/mol. The minimum Gasteiger partial charge on any atom is -0.397 e. The summed E-state index contributed by atoms with van der Waals surface area (Å²) < 4.78 is 10.6. The summed E-state index contributed by atoms with van der Waals surface area (Å²) in [4.78, 5) is 44.0. The van der Waals surface area contributed by atoms with Gasteiger partial charge in [0.15, 0.2) is 0 Å². The Labute approximate surface area is 305 Å². The van der Waals surface area contributed by atoms with Crippen molar-refractivity contribution in [2.24, 2.45) is 0 Å². The van der Waals surface area contributed by atoms with Gasteiger partial charge in [0, 0.05) is 90.0 Å². The summed E-state index contributed by atoms with van der Waals surface area (Å²) in [6, 6.07) is 10.3. The van der Waals surface area contributed by atoms with Crippen molar-refractivity contribution >= 4 is 47.0 Å². The third kappa shape index (κ3) is 11.0. The number of anilines is 3. The number of nitro benzene ring substituents is 1. The smallest absolute Gasteiger partial charge is 0.292 e. The van der Waals surface area contributed by atoms with Crippen molar-refractivity contribution in [1.29, 1.82) is 0 Å². The number of ether oxygens (including phenoxy) is 2. The molecule has 12 nitrogen and oxygen atoms in total. The van der Waals surface area contributed by atoms with Gasteiger partial charge in [-0.1, -0.05) is 7.43 Å². The molecule has 2 aromatic carbocycles. The van der Waals surface area contributed by atoms with E-state index in [1.165, 1.54) is 25.3 Å². The molecule has 4 saturated heterocycles. The van der Waals surface area contributed by atoms with Gasteiger partial charge in [0.05, 0.1) is 42.7 Å². The third-order valence-corrected chi connectivity index (χ3v) is 8.69. The largest absolute Gasteiger partial charge is 0.397 e. The van der Waals surface area contributed by atoms with E-state index in [2.05, 4.69) is 4.90 Å². The summed E-state index contributed by atoms with van der Waals surface area (Å²) in [5.41, 5.74) is 9.76. The number of rotatable bonds is 5. The Hall–Kier alpha value is -2.95. The van der Waals surface area contributed by atoms with Crippen molar-refractivity contribution in [3.05, 3.63) is 65.1 Å². The van der Waals surface area contributed by atoms with Gasteiger partial charge >= 0.3 is 0 Å². The number of morpholine rings is 2. The fourth-order valence-corrected chi connectivity index (χ4v) is 6.18. The Morgan fingerprint density at radius 3 is 1.50 bits per heavy atom. The van der Waals surface area contributed by atoms with Crippen LogP contribution in [0.2, 0.25) is 0 Å². The standard InChI is InChI=1S/C16H21N3O4.C16H23N3O2.CH4.CH3.ClH.Pd/c20-16(18-8-10-23-11-9-18)13-4-5-14(19(21)22)15(12-13)17-6-2-1-3-7-17;17-14-5-4-13(16(20)19-8-10-21-11-9-19)12-15(14)18-6-2-1-3-7-18;;;;/h4-5,12H,1-3,6-11H2;4-5,12H,1-3,6-11,17H2;1H4;1H3;1H;/q;;;-1;;. The molecule has 272 valence electrons. The summed E-state index contributed by atoms with van der Waals surface area (Å²) >= 11 is 0. The zero-order chi connectivity index (χ0) is 30.9. The van der Waals surface area contributed by atoms with Crippen LogP contribution >= 0.6 is 12.4 Å². The predicted octanol–water partition coefficient (Wildman–Crippen LogP) is 5.29. The summed E-state index contributed by atoms with van der Waals surface area (Å²) in [5, 5.41) is 11.3. The van der Waals surface area contributed by atoms with E-state index < -0.39 is 0 Å². The fraction of sp³-hybridized carbons (Fsp3) is 0.559. The van der Waals surface area contributed by atoms with Crippen LogP contribution < -0.4 is 15.5 Å². The molecule has 14 heteroatoms. The molecule has 48 heavy (non-hydrogen) atoms. The van der Waals surface area contributed by atoms with Gasteiger partial charge in [-0.3, -0.25) is 19.7 Å². The first-order chi connectivity index (χ1) is 21.4. The molecule has 0 bridgehead atoms. The quantitative estimate of drug-likeness (QED) is 0.141. The molecule has 2 aromatic rings. The van der Waals surface area contributed by atoms with Crippen molar-refractivity contribution in [2.75, 3.05) is 94.3 Å². The van der Waals surface area contributed by atoms with Crippen molar-refractivity contribution in [2.45, 2.75) is 46.0 Å². The number of nitrogen functional groups attached to an aromatic ring is 1. The molecule has 4 heterocycles. The number of halogens is 1. The minimum atomic E-state index is -0.368. The zero-order valence-corrected chi connectivity index (χ0v) is 29.6. The topological polar surface area (TPSA) is 135 Å². The first-order valence-corrected chi connectivity index (χ1v) is 15.8. The molecule has 4 aliphatic rings. The van der Waals surface area contributed by atoms with E-state index in [1.807, 2.05) is 28.0 Å². The van der Waals surface area contributed by atoms with Gasteiger partial charge in [-0.15, -0.1) is 12.4 Å². The summed E-state index contributed by atoms with van der Waals surface area (Å²) in [7, 11) is 0. The van der Waals surface area contributed by atoms with Crippen molar-refractivity contribution in [1.82, 2.24) is 9.80 Å². The van der Waals surface area contributed by atoms with Gasteiger partial charge in [-0.25, -0.2) is 0 Å². The van der Waals surface area contributed by atoms with E-state index >= 15 is 0 Å². The van der Waals surface area contributed by atoms with Crippen LogP contribution in [0.4, 0.5) is 22.7 Å². The second-order valence-electron chi connectivity index (χ2n) is 11.6. The molecule has 6 rings (SSSR count). The molecule has 0 aliphatic carbocycles. The second-order valence-corrected chi connectivity index (χ2v) is 11.6. The maximum absolute atomic E-state index is 12.6. The minimum absolute atomic E-state index is 0. The average Bonchev–Trinajstić information content (AvgIpc) is 3.09. The molecule has 2 amide bonds. The molecule has 0 atom stereocenters. The Morgan fingerprint density at radius 2 is 1.06 bits per heavy atom. The van der Waals surface area contributed by atoms with Crippen LogP contribution in [0.1, 0.15) is 66.7 Å². The number of nitrogens with zero attached hydrogens (tertiary/aromatic N) is 5. The fourth-order valence-electron chi connectivity index (χ4n) is 6.18. The number of carbonyl (C=O) groups is 2. The van der Waals surface area contributed by atoms with E-state index in [4.69, 9.17) is 15.2 Å². The van der Waals surface area contributed by atoms with Gasteiger partial charge in [-0.05, 0) is 68.9 Å². The number of nitro groups is 1. The van der Waals surface area contributed by atoms with Gasteiger partial charge in [0.25, 0.3) is 17.5 Å². The first kappa shape index (κ1) is 43.1.